The highest BCUT2D eigenvalue weighted by Gasteiger charge is 2.31. The van der Waals surface area contributed by atoms with Gasteiger partial charge in [0.15, 0.2) is 0 Å². The second-order valence-corrected chi connectivity index (χ2v) is 7.66. The molecule has 1 fully saturated rings. The Bertz CT molecular complexity index is 790. The summed E-state index contributed by atoms with van der Waals surface area (Å²) in [4.78, 5) is 26.2. The van der Waals surface area contributed by atoms with Crippen LogP contribution in [0.15, 0.2) is 42.5 Å². The number of rotatable bonds is 3. The third-order valence-corrected chi connectivity index (χ3v) is 4.28. The summed E-state index contributed by atoms with van der Waals surface area (Å²) in [6.07, 6.45) is 0.350. The maximum atomic E-state index is 12.3. The van der Waals surface area contributed by atoms with E-state index in [1.165, 1.54) is 10.8 Å². The molecule has 0 spiro atoms. The smallest absolute Gasteiger partial charge is 0.315 e. The summed E-state index contributed by atoms with van der Waals surface area (Å²) in [5.41, 5.74) is 0.834. The van der Waals surface area contributed by atoms with Crippen molar-refractivity contribution in [3.8, 4) is 0 Å². The van der Waals surface area contributed by atoms with Gasteiger partial charge in [0.25, 0.3) is 0 Å². The van der Waals surface area contributed by atoms with Crippen molar-refractivity contribution in [3.63, 3.8) is 0 Å². The molecular formula is C20H25N3O2. The molecule has 1 atom stereocenters. The fraction of sp³-hybridized carbons (Fsp3) is 0.400. The first-order valence-electron chi connectivity index (χ1n) is 8.65. The lowest BCUT2D eigenvalue weighted by Crippen LogP contribution is -2.50. The number of nitrogens with zero attached hydrogens (tertiary/aromatic N) is 1. The number of carbonyl (C=O) groups is 2. The Morgan fingerprint density at radius 2 is 1.88 bits per heavy atom. The summed E-state index contributed by atoms with van der Waals surface area (Å²) in [5.74, 6) is 0.0778. The quantitative estimate of drug-likeness (QED) is 0.903. The molecule has 5 nitrogen and oxygen atoms in total. The first-order valence-corrected chi connectivity index (χ1v) is 8.65. The van der Waals surface area contributed by atoms with E-state index in [2.05, 4.69) is 34.9 Å². The fourth-order valence-electron chi connectivity index (χ4n) is 3.22. The van der Waals surface area contributed by atoms with Gasteiger partial charge >= 0.3 is 6.03 Å². The highest BCUT2D eigenvalue weighted by Crippen LogP contribution is 2.22. The lowest BCUT2D eigenvalue weighted by Gasteiger charge is -2.23. The minimum atomic E-state index is -0.296. The van der Waals surface area contributed by atoms with E-state index < -0.39 is 0 Å². The molecule has 0 saturated carbocycles. The average molecular weight is 339 g/mol. The van der Waals surface area contributed by atoms with Crippen LogP contribution in [0.2, 0.25) is 0 Å². The van der Waals surface area contributed by atoms with Gasteiger partial charge in [0.1, 0.15) is 0 Å². The minimum Gasteiger partial charge on any atom is -0.336 e. The second kappa shape index (κ2) is 6.75. The molecule has 3 rings (SSSR count). The zero-order valence-electron chi connectivity index (χ0n) is 15.0. The molecule has 1 aliphatic heterocycles. The summed E-state index contributed by atoms with van der Waals surface area (Å²) in [5, 5.41) is 8.11. The molecule has 0 bridgehead atoms. The van der Waals surface area contributed by atoms with Crippen LogP contribution in [0.1, 0.15) is 32.8 Å². The van der Waals surface area contributed by atoms with Crippen LogP contribution in [0.25, 0.3) is 10.8 Å². The predicted octanol–water partition coefficient (Wildman–Crippen LogP) is 3.04. The second-order valence-electron chi connectivity index (χ2n) is 7.66. The van der Waals surface area contributed by atoms with Gasteiger partial charge in [0, 0.05) is 25.0 Å². The molecule has 25 heavy (non-hydrogen) atoms. The molecule has 1 aliphatic rings. The fourth-order valence-corrected chi connectivity index (χ4v) is 3.22. The summed E-state index contributed by atoms with van der Waals surface area (Å²) < 4.78 is 0. The van der Waals surface area contributed by atoms with Gasteiger partial charge in [-0.2, -0.15) is 0 Å². The first-order chi connectivity index (χ1) is 11.8. The van der Waals surface area contributed by atoms with Crippen molar-refractivity contribution in [2.75, 3.05) is 6.54 Å². The molecule has 2 aromatic carbocycles. The van der Waals surface area contributed by atoms with Crippen LogP contribution >= 0.6 is 0 Å². The summed E-state index contributed by atoms with van der Waals surface area (Å²) >= 11 is 0. The van der Waals surface area contributed by atoms with Crippen LogP contribution in [0.4, 0.5) is 4.79 Å². The van der Waals surface area contributed by atoms with Gasteiger partial charge in [-0.25, -0.2) is 4.79 Å². The molecule has 132 valence electrons. The SMILES string of the molecule is CC(C)(C)NC(=O)N[C@@H]1CC(=O)N(Cc2cccc3ccccc23)C1. The monoisotopic (exact) mass is 339 g/mol. The van der Waals surface area contributed by atoms with Gasteiger partial charge in [-0.15, -0.1) is 0 Å². The molecule has 5 heteroatoms. The van der Waals surface area contributed by atoms with Crippen LogP contribution < -0.4 is 10.6 Å². The van der Waals surface area contributed by atoms with E-state index >= 15 is 0 Å². The van der Waals surface area contributed by atoms with Gasteiger partial charge in [0.2, 0.25) is 5.91 Å². The van der Waals surface area contributed by atoms with Crippen molar-refractivity contribution < 1.29 is 9.59 Å². The molecule has 0 aromatic heterocycles. The molecule has 0 radical (unpaired) electrons. The lowest BCUT2D eigenvalue weighted by molar-refractivity contribution is -0.128. The summed E-state index contributed by atoms with van der Waals surface area (Å²) in [6.45, 7) is 6.90. The number of likely N-dealkylation sites (tertiary alicyclic amines) is 1. The largest absolute Gasteiger partial charge is 0.336 e. The molecule has 2 aromatic rings. The van der Waals surface area contributed by atoms with Crippen molar-refractivity contribution in [1.29, 1.82) is 0 Å². The number of urea groups is 1. The number of benzene rings is 2. The lowest BCUT2D eigenvalue weighted by atomic mass is 10.0. The van der Waals surface area contributed by atoms with E-state index in [0.717, 1.165) is 5.56 Å². The Labute approximate surface area is 148 Å². The zero-order valence-corrected chi connectivity index (χ0v) is 15.0. The number of hydrogen-bond acceptors (Lipinski definition) is 2. The molecule has 2 N–H and O–H groups in total. The van der Waals surface area contributed by atoms with E-state index in [4.69, 9.17) is 0 Å². The molecule has 1 saturated heterocycles. The molecule has 1 heterocycles. The Hall–Kier alpha value is -2.56. The maximum Gasteiger partial charge on any atom is 0.315 e. The Morgan fingerprint density at radius 1 is 1.16 bits per heavy atom. The van der Waals surface area contributed by atoms with Crippen LogP contribution in [0.3, 0.4) is 0 Å². The zero-order chi connectivity index (χ0) is 18.0. The van der Waals surface area contributed by atoms with Crippen molar-refractivity contribution in [3.05, 3.63) is 48.0 Å². The predicted molar refractivity (Wildman–Crippen MR) is 99.2 cm³/mol. The normalized spacial score (nSPS) is 17.8. The van der Waals surface area contributed by atoms with E-state index in [-0.39, 0.29) is 23.5 Å². The standard InChI is InChI=1S/C20H25N3O2/c1-20(2,3)22-19(25)21-16-11-18(24)23(13-16)12-15-9-6-8-14-7-4-5-10-17(14)15/h4-10,16H,11-13H2,1-3H3,(H2,21,22,25)/t16-/m1/s1. The van der Waals surface area contributed by atoms with Crippen LogP contribution in [-0.4, -0.2) is 35.0 Å². The van der Waals surface area contributed by atoms with Crippen LogP contribution in [0.5, 0.6) is 0 Å². The van der Waals surface area contributed by atoms with E-state index in [9.17, 15) is 9.59 Å². The number of hydrogen-bond donors (Lipinski definition) is 2. The number of amides is 3. The molecule has 0 aliphatic carbocycles. The highest BCUT2D eigenvalue weighted by molar-refractivity contribution is 5.87. The summed E-state index contributed by atoms with van der Waals surface area (Å²) in [7, 11) is 0. The number of carbonyl (C=O) groups excluding carboxylic acids is 2. The summed E-state index contributed by atoms with van der Waals surface area (Å²) in [6, 6.07) is 14.0. The maximum absolute atomic E-state index is 12.3. The van der Waals surface area contributed by atoms with Crippen molar-refractivity contribution in [1.82, 2.24) is 15.5 Å². The van der Waals surface area contributed by atoms with Gasteiger partial charge in [-0.1, -0.05) is 42.5 Å². The Morgan fingerprint density at radius 3 is 2.64 bits per heavy atom. The molecule has 0 unspecified atom stereocenters. The highest BCUT2D eigenvalue weighted by atomic mass is 16.2. The third kappa shape index (κ3) is 4.29. The van der Waals surface area contributed by atoms with Gasteiger partial charge < -0.3 is 15.5 Å². The van der Waals surface area contributed by atoms with E-state index in [1.807, 2.05) is 43.9 Å². The van der Waals surface area contributed by atoms with Crippen LogP contribution in [0, 0.1) is 0 Å². The molecular weight excluding hydrogens is 314 g/mol. The van der Waals surface area contributed by atoms with Crippen LogP contribution in [-0.2, 0) is 11.3 Å². The van der Waals surface area contributed by atoms with Gasteiger partial charge in [-0.05, 0) is 37.1 Å². The first kappa shape index (κ1) is 17.3. The van der Waals surface area contributed by atoms with Crippen molar-refractivity contribution in [2.45, 2.75) is 45.3 Å². The van der Waals surface area contributed by atoms with Gasteiger partial charge in [0.05, 0.1) is 6.04 Å². The van der Waals surface area contributed by atoms with E-state index in [1.54, 1.807) is 0 Å². The van der Waals surface area contributed by atoms with Crippen molar-refractivity contribution >= 4 is 22.7 Å². The average Bonchev–Trinajstić information content (AvgIpc) is 2.85. The molecule has 3 amide bonds. The Balaban J connectivity index is 1.66. The minimum absolute atomic E-state index is 0.0778. The topological polar surface area (TPSA) is 61.4 Å². The van der Waals surface area contributed by atoms with E-state index in [0.29, 0.717) is 19.5 Å². The van der Waals surface area contributed by atoms with Gasteiger partial charge in [-0.3, -0.25) is 4.79 Å². The number of nitrogens with one attached hydrogen (secondary N) is 2. The van der Waals surface area contributed by atoms with Crippen molar-refractivity contribution in [2.24, 2.45) is 0 Å². The third-order valence-electron chi connectivity index (χ3n) is 4.28. The Kier molecular flexibility index (Phi) is 4.66. The number of fused-ring (bicyclic) bond motifs is 1.